The zero-order chi connectivity index (χ0) is 25.2. The predicted molar refractivity (Wildman–Crippen MR) is 141 cm³/mol. The molecule has 0 radical (unpaired) electrons. The molecule has 0 amide bonds. The standard InChI is InChI=1S/C29H28FNO4S/c1-18-4-10-24(19(2)14-18)27(33)29-28(25-11-5-20(32)15-26(25)36-29)35-22-8-6-21(7-9-22)34-23-16-31(17-23)13-3-12-30/h4-11,14-15,23,32H,3,12-13,16-17H2,1-2H3. The lowest BCUT2D eigenvalue weighted by atomic mass is 10.0. The molecule has 1 aliphatic heterocycles. The van der Waals surface area contributed by atoms with Gasteiger partial charge in [-0.1, -0.05) is 23.8 Å². The Morgan fingerprint density at radius 2 is 1.81 bits per heavy atom. The molecular weight excluding hydrogens is 477 g/mol. The molecule has 0 bridgehead atoms. The second-order valence-electron chi connectivity index (χ2n) is 9.20. The number of aromatic hydroxyl groups is 1. The molecule has 3 aromatic carbocycles. The van der Waals surface area contributed by atoms with E-state index in [1.807, 2.05) is 56.3 Å². The number of benzene rings is 3. The van der Waals surface area contributed by atoms with Gasteiger partial charge in [0.05, 0.1) is 6.67 Å². The van der Waals surface area contributed by atoms with E-state index >= 15 is 0 Å². The summed E-state index contributed by atoms with van der Waals surface area (Å²) < 4.78 is 25.4. The summed E-state index contributed by atoms with van der Waals surface area (Å²) in [5.41, 5.74) is 2.64. The van der Waals surface area contributed by atoms with Gasteiger partial charge in [0, 0.05) is 35.3 Å². The highest BCUT2D eigenvalue weighted by Crippen LogP contribution is 2.43. The Morgan fingerprint density at radius 3 is 2.53 bits per heavy atom. The minimum absolute atomic E-state index is 0.104. The van der Waals surface area contributed by atoms with E-state index in [0.29, 0.717) is 28.4 Å². The van der Waals surface area contributed by atoms with Crippen molar-refractivity contribution in [1.82, 2.24) is 4.90 Å². The zero-order valence-corrected chi connectivity index (χ0v) is 21.1. The fourth-order valence-corrected chi connectivity index (χ4v) is 5.58. The average Bonchev–Trinajstić information content (AvgIpc) is 3.18. The second-order valence-corrected chi connectivity index (χ2v) is 10.3. The van der Waals surface area contributed by atoms with E-state index in [1.54, 1.807) is 18.2 Å². The summed E-state index contributed by atoms with van der Waals surface area (Å²) >= 11 is 1.31. The molecule has 4 aromatic rings. The maximum Gasteiger partial charge on any atom is 0.207 e. The number of hydrogen-bond acceptors (Lipinski definition) is 6. The number of nitrogens with zero attached hydrogens (tertiary/aromatic N) is 1. The van der Waals surface area contributed by atoms with E-state index < -0.39 is 0 Å². The normalized spacial score (nSPS) is 14.1. The number of hydrogen-bond donors (Lipinski definition) is 1. The van der Waals surface area contributed by atoms with Crippen molar-refractivity contribution in [3.63, 3.8) is 0 Å². The van der Waals surface area contributed by atoms with Gasteiger partial charge >= 0.3 is 0 Å². The summed E-state index contributed by atoms with van der Waals surface area (Å²) in [7, 11) is 0. The molecule has 1 fully saturated rings. The van der Waals surface area contributed by atoms with Crippen LogP contribution in [0.15, 0.2) is 60.7 Å². The van der Waals surface area contributed by atoms with Crippen LogP contribution in [0.4, 0.5) is 4.39 Å². The lowest BCUT2D eigenvalue weighted by Crippen LogP contribution is -2.53. The third-order valence-corrected chi connectivity index (χ3v) is 7.47. The number of phenols is 1. The van der Waals surface area contributed by atoms with E-state index in [2.05, 4.69) is 4.90 Å². The van der Waals surface area contributed by atoms with Crippen LogP contribution in [-0.2, 0) is 0 Å². The minimum atomic E-state index is -0.290. The Balaban J connectivity index is 1.37. The SMILES string of the molecule is Cc1ccc(C(=O)c2sc3cc(O)ccc3c2Oc2ccc(OC3CN(CCCF)C3)cc2)c(C)c1. The van der Waals surface area contributed by atoms with Crippen LogP contribution in [0.2, 0.25) is 0 Å². The van der Waals surface area contributed by atoms with Gasteiger partial charge in [-0.15, -0.1) is 11.3 Å². The number of likely N-dealkylation sites (tertiary alicyclic amines) is 1. The highest BCUT2D eigenvalue weighted by molar-refractivity contribution is 7.21. The van der Waals surface area contributed by atoms with Crippen LogP contribution in [-0.4, -0.2) is 48.2 Å². The van der Waals surface area contributed by atoms with Crippen LogP contribution in [0.3, 0.4) is 0 Å². The van der Waals surface area contributed by atoms with Crippen molar-refractivity contribution < 1.29 is 23.8 Å². The lowest BCUT2D eigenvalue weighted by Gasteiger charge is -2.38. The lowest BCUT2D eigenvalue weighted by molar-refractivity contribution is 0.0184. The number of thiophene rings is 1. The molecule has 5 nitrogen and oxygen atoms in total. The molecule has 0 spiro atoms. The van der Waals surface area contributed by atoms with E-state index in [9.17, 15) is 14.3 Å². The molecule has 1 N–H and O–H groups in total. The molecule has 7 heteroatoms. The molecular formula is C29H28FNO4S. The van der Waals surface area contributed by atoms with Crippen molar-refractivity contribution in [3.8, 4) is 23.0 Å². The topological polar surface area (TPSA) is 59.0 Å². The van der Waals surface area contributed by atoms with Gasteiger partial charge in [0.1, 0.15) is 28.2 Å². The van der Waals surface area contributed by atoms with Crippen molar-refractivity contribution in [2.45, 2.75) is 26.4 Å². The molecule has 2 heterocycles. The number of carbonyl (C=O) groups is 1. The zero-order valence-electron chi connectivity index (χ0n) is 20.3. The molecule has 1 saturated heterocycles. The number of rotatable bonds is 9. The number of ketones is 1. The minimum Gasteiger partial charge on any atom is -0.508 e. The summed E-state index contributed by atoms with van der Waals surface area (Å²) in [5.74, 6) is 1.84. The molecule has 0 saturated carbocycles. The third-order valence-electron chi connectivity index (χ3n) is 6.34. The van der Waals surface area contributed by atoms with Crippen molar-refractivity contribution in [3.05, 3.63) is 82.2 Å². The van der Waals surface area contributed by atoms with Gasteiger partial charge in [-0.3, -0.25) is 14.1 Å². The van der Waals surface area contributed by atoms with Crippen LogP contribution in [0.25, 0.3) is 10.1 Å². The van der Waals surface area contributed by atoms with Gasteiger partial charge < -0.3 is 14.6 Å². The Bertz CT molecular complexity index is 1390. The first kappa shape index (κ1) is 24.3. The van der Waals surface area contributed by atoms with Crippen LogP contribution < -0.4 is 9.47 Å². The van der Waals surface area contributed by atoms with Crippen LogP contribution >= 0.6 is 11.3 Å². The number of phenolic OH excluding ortho intramolecular Hbond substituents is 1. The first-order valence-corrected chi connectivity index (χ1v) is 12.8. The predicted octanol–water partition coefficient (Wildman–Crippen LogP) is 6.67. The van der Waals surface area contributed by atoms with Crippen molar-refractivity contribution in [1.29, 1.82) is 0 Å². The monoisotopic (exact) mass is 505 g/mol. The van der Waals surface area contributed by atoms with Crippen molar-refractivity contribution in [2.24, 2.45) is 0 Å². The molecule has 1 aliphatic rings. The average molecular weight is 506 g/mol. The van der Waals surface area contributed by atoms with Crippen molar-refractivity contribution >= 4 is 27.2 Å². The second kappa shape index (κ2) is 10.3. The number of ether oxygens (including phenoxy) is 2. The molecule has 186 valence electrons. The number of carbonyl (C=O) groups excluding carboxylic acids is 1. The van der Waals surface area contributed by atoms with Gasteiger partial charge in [0.25, 0.3) is 0 Å². The van der Waals surface area contributed by atoms with Gasteiger partial charge in [-0.25, -0.2) is 0 Å². The molecule has 36 heavy (non-hydrogen) atoms. The number of alkyl halides is 1. The first-order valence-electron chi connectivity index (χ1n) is 12.0. The maximum atomic E-state index is 13.6. The quantitative estimate of drug-likeness (QED) is 0.258. The summed E-state index contributed by atoms with van der Waals surface area (Å²) in [6.07, 6.45) is 0.663. The molecule has 5 rings (SSSR count). The Morgan fingerprint density at radius 1 is 1.06 bits per heavy atom. The first-order chi connectivity index (χ1) is 17.4. The van der Waals surface area contributed by atoms with Gasteiger partial charge in [0.15, 0.2) is 5.75 Å². The number of fused-ring (bicyclic) bond motifs is 1. The number of halogens is 1. The smallest absolute Gasteiger partial charge is 0.207 e. The van der Waals surface area contributed by atoms with Crippen LogP contribution in [0.5, 0.6) is 23.0 Å². The molecule has 0 aliphatic carbocycles. The Labute approximate surface area is 213 Å². The largest absolute Gasteiger partial charge is 0.508 e. The summed E-state index contributed by atoms with van der Waals surface area (Å²) in [4.78, 5) is 16.2. The van der Waals surface area contributed by atoms with Crippen molar-refractivity contribution in [2.75, 3.05) is 26.3 Å². The van der Waals surface area contributed by atoms with Crippen LogP contribution in [0.1, 0.15) is 32.8 Å². The molecule has 1 aromatic heterocycles. The van der Waals surface area contributed by atoms with Gasteiger partial charge in [-0.2, -0.15) is 0 Å². The maximum absolute atomic E-state index is 13.6. The third kappa shape index (κ3) is 5.08. The fraction of sp³-hybridized carbons (Fsp3) is 0.276. The summed E-state index contributed by atoms with van der Waals surface area (Å²) in [5, 5.41) is 10.8. The van der Waals surface area contributed by atoms with E-state index in [-0.39, 0.29) is 24.3 Å². The number of aryl methyl sites for hydroxylation is 2. The van der Waals surface area contributed by atoms with E-state index in [1.165, 1.54) is 11.3 Å². The fourth-order valence-electron chi connectivity index (χ4n) is 4.46. The van der Waals surface area contributed by atoms with Crippen LogP contribution in [0, 0.1) is 13.8 Å². The van der Waals surface area contributed by atoms with E-state index in [4.69, 9.17) is 9.47 Å². The van der Waals surface area contributed by atoms with Gasteiger partial charge in [0.2, 0.25) is 5.78 Å². The summed E-state index contributed by atoms with van der Waals surface area (Å²) in [6.45, 7) is 6.01. The molecule has 0 unspecified atom stereocenters. The highest BCUT2D eigenvalue weighted by Gasteiger charge is 2.28. The van der Waals surface area contributed by atoms with Gasteiger partial charge in [-0.05, 0) is 68.3 Å². The highest BCUT2D eigenvalue weighted by atomic mass is 32.1. The Hall–Kier alpha value is -3.42. The molecule has 0 atom stereocenters. The Kier molecular flexibility index (Phi) is 6.94. The van der Waals surface area contributed by atoms with E-state index in [0.717, 1.165) is 46.6 Å². The summed E-state index contributed by atoms with van der Waals surface area (Å²) in [6, 6.07) is 18.2.